The smallest absolute Gasteiger partial charge is 0.257 e. The normalized spacial score (nSPS) is 12.3. The van der Waals surface area contributed by atoms with Crippen LogP contribution in [-0.4, -0.2) is 42.7 Å². The van der Waals surface area contributed by atoms with Crippen molar-refractivity contribution >= 4 is 5.91 Å². The number of phenols is 1. The van der Waals surface area contributed by atoms with Gasteiger partial charge in [-0.15, -0.1) is 0 Å². The predicted molar refractivity (Wildman–Crippen MR) is 79.0 cm³/mol. The van der Waals surface area contributed by atoms with Gasteiger partial charge >= 0.3 is 0 Å². The summed E-state index contributed by atoms with van der Waals surface area (Å²) >= 11 is 0. The number of hydrogen-bond acceptors (Lipinski definition) is 4. The highest BCUT2D eigenvalue weighted by Crippen LogP contribution is 2.24. The summed E-state index contributed by atoms with van der Waals surface area (Å²) < 4.78 is 5.07. The Bertz CT molecular complexity index is 460. The second-order valence-electron chi connectivity index (χ2n) is 5.31. The minimum atomic E-state index is -0.239. The average Bonchev–Trinajstić information content (AvgIpc) is 2.43. The van der Waals surface area contributed by atoms with Gasteiger partial charge in [0.2, 0.25) is 0 Å². The van der Waals surface area contributed by atoms with E-state index in [9.17, 15) is 9.90 Å². The van der Waals surface area contributed by atoms with E-state index in [1.807, 2.05) is 0 Å². The monoisotopic (exact) mass is 280 g/mol. The number of hydrogen-bond donors (Lipinski definition) is 2. The fraction of sp³-hybridized carbons (Fsp3) is 0.533. The molecule has 0 radical (unpaired) electrons. The first-order valence-electron chi connectivity index (χ1n) is 6.74. The van der Waals surface area contributed by atoms with E-state index in [0.29, 0.717) is 18.2 Å². The van der Waals surface area contributed by atoms with Crippen LogP contribution in [0.3, 0.4) is 0 Å². The molecule has 0 aliphatic rings. The number of carbonyl (C=O) groups is 1. The number of amides is 1. The number of rotatable bonds is 6. The highest BCUT2D eigenvalue weighted by Gasteiger charge is 2.18. The molecule has 0 aliphatic carbocycles. The van der Waals surface area contributed by atoms with Gasteiger partial charge in [-0.2, -0.15) is 0 Å². The minimum Gasteiger partial charge on any atom is -0.507 e. The molecule has 1 aromatic rings. The van der Waals surface area contributed by atoms with E-state index >= 15 is 0 Å². The largest absolute Gasteiger partial charge is 0.507 e. The van der Waals surface area contributed by atoms with Gasteiger partial charge < -0.3 is 20.5 Å². The first kappa shape index (κ1) is 16.3. The first-order chi connectivity index (χ1) is 9.36. The Morgan fingerprint density at radius 3 is 2.65 bits per heavy atom. The molecule has 20 heavy (non-hydrogen) atoms. The number of ether oxygens (including phenoxy) is 1. The summed E-state index contributed by atoms with van der Waals surface area (Å²) in [5.41, 5.74) is 6.21. The SMILES string of the molecule is COc1ccc(O)c(C(=O)N(C)CCC(N)C(C)C)c1. The number of methoxy groups -OCH3 is 1. The Morgan fingerprint density at radius 1 is 1.45 bits per heavy atom. The highest BCUT2D eigenvalue weighted by atomic mass is 16.5. The number of carbonyl (C=O) groups excluding carboxylic acids is 1. The molecule has 112 valence electrons. The quantitative estimate of drug-likeness (QED) is 0.833. The van der Waals surface area contributed by atoms with Crippen LogP contribution >= 0.6 is 0 Å². The van der Waals surface area contributed by atoms with E-state index in [1.165, 1.54) is 19.2 Å². The van der Waals surface area contributed by atoms with Crippen molar-refractivity contribution < 1.29 is 14.6 Å². The van der Waals surface area contributed by atoms with Crippen LogP contribution in [0, 0.1) is 5.92 Å². The summed E-state index contributed by atoms with van der Waals surface area (Å²) in [6.07, 6.45) is 0.727. The van der Waals surface area contributed by atoms with E-state index in [4.69, 9.17) is 10.5 Å². The van der Waals surface area contributed by atoms with E-state index < -0.39 is 0 Å². The Labute approximate surface area is 120 Å². The topological polar surface area (TPSA) is 75.8 Å². The van der Waals surface area contributed by atoms with Gasteiger partial charge in [0.1, 0.15) is 11.5 Å². The van der Waals surface area contributed by atoms with Crippen LogP contribution in [0.25, 0.3) is 0 Å². The lowest BCUT2D eigenvalue weighted by molar-refractivity contribution is 0.0786. The predicted octanol–water partition coefficient (Wildman–Crippen LogP) is 1.85. The van der Waals surface area contributed by atoms with Crippen molar-refractivity contribution in [3.63, 3.8) is 0 Å². The molecule has 5 nitrogen and oxygen atoms in total. The maximum atomic E-state index is 12.3. The summed E-state index contributed by atoms with van der Waals surface area (Å²) in [6.45, 7) is 4.66. The molecule has 0 saturated carbocycles. The molecule has 1 amide bonds. The molecule has 0 aromatic heterocycles. The van der Waals surface area contributed by atoms with Crippen LogP contribution in [-0.2, 0) is 0 Å². The van der Waals surface area contributed by atoms with Crippen LogP contribution in [0.5, 0.6) is 11.5 Å². The molecule has 3 N–H and O–H groups in total. The Balaban J connectivity index is 2.74. The number of benzene rings is 1. The van der Waals surface area contributed by atoms with Crippen molar-refractivity contribution in [3.05, 3.63) is 23.8 Å². The van der Waals surface area contributed by atoms with Gasteiger partial charge in [-0.05, 0) is 30.5 Å². The Morgan fingerprint density at radius 2 is 2.10 bits per heavy atom. The lowest BCUT2D eigenvalue weighted by atomic mass is 10.0. The fourth-order valence-electron chi connectivity index (χ4n) is 1.80. The van der Waals surface area contributed by atoms with Gasteiger partial charge in [0, 0.05) is 19.6 Å². The Hall–Kier alpha value is -1.75. The second kappa shape index (κ2) is 7.14. The summed E-state index contributed by atoms with van der Waals surface area (Å²) in [7, 11) is 3.22. The summed E-state index contributed by atoms with van der Waals surface area (Å²) in [5.74, 6) is 0.635. The van der Waals surface area contributed by atoms with Crippen molar-refractivity contribution in [3.8, 4) is 11.5 Å². The number of aromatic hydroxyl groups is 1. The molecule has 1 atom stereocenters. The van der Waals surface area contributed by atoms with Gasteiger partial charge in [-0.3, -0.25) is 4.79 Å². The Kier molecular flexibility index (Phi) is 5.82. The maximum absolute atomic E-state index is 12.3. The minimum absolute atomic E-state index is 0.0455. The molecule has 0 saturated heterocycles. The summed E-state index contributed by atoms with van der Waals surface area (Å²) in [6, 6.07) is 4.67. The van der Waals surface area contributed by atoms with Gasteiger partial charge in [-0.1, -0.05) is 13.8 Å². The van der Waals surface area contributed by atoms with Crippen LogP contribution in [0.1, 0.15) is 30.6 Å². The van der Waals surface area contributed by atoms with E-state index in [0.717, 1.165) is 6.42 Å². The maximum Gasteiger partial charge on any atom is 0.257 e. The molecule has 0 bridgehead atoms. The van der Waals surface area contributed by atoms with Crippen LogP contribution in [0.4, 0.5) is 0 Å². The summed E-state index contributed by atoms with van der Waals surface area (Å²) in [5, 5.41) is 9.79. The zero-order valence-corrected chi connectivity index (χ0v) is 12.6. The fourth-order valence-corrected chi connectivity index (χ4v) is 1.80. The van der Waals surface area contributed by atoms with Gasteiger partial charge in [0.25, 0.3) is 5.91 Å². The van der Waals surface area contributed by atoms with E-state index in [1.54, 1.807) is 18.0 Å². The molecule has 0 heterocycles. The zero-order valence-electron chi connectivity index (χ0n) is 12.6. The van der Waals surface area contributed by atoms with Crippen molar-refractivity contribution in [2.75, 3.05) is 20.7 Å². The van der Waals surface area contributed by atoms with Crippen LogP contribution in [0.2, 0.25) is 0 Å². The van der Waals surface area contributed by atoms with Gasteiger partial charge in [0.15, 0.2) is 0 Å². The second-order valence-corrected chi connectivity index (χ2v) is 5.31. The standard InChI is InChI=1S/C15H24N2O3/c1-10(2)13(16)7-8-17(3)15(19)12-9-11(20-4)5-6-14(12)18/h5-6,9-10,13,18H,7-8,16H2,1-4H3. The van der Waals surface area contributed by atoms with Gasteiger partial charge in [0.05, 0.1) is 12.7 Å². The van der Waals surface area contributed by atoms with Crippen molar-refractivity contribution in [2.45, 2.75) is 26.3 Å². The summed E-state index contributed by atoms with van der Waals surface area (Å²) in [4.78, 5) is 13.9. The first-order valence-corrected chi connectivity index (χ1v) is 6.74. The van der Waals surface area contributed by atoms with Crippen molar-refractivity contribution in [1.29, 1.82) is 0 Å². The molecular formula is C15H24N2O3. The number of nitrogens with two attached hydrogens (primary N) is 1. The van der Waals surface area contributed by atoms with Crippen molar-refractivity contribution in [2.24, 2.45) is 11.7 Å². The molecule has 0 aliphatic heterocycles. The molecule has 0 spiro atoms. The third kappa shape index (κ3) is 4.13. The molecular weight excluding hydrogens is 256 g/mol. The third-order valence-corrected chi connectivity index (χ3v) is 3.43. The molecule has 1 aromatic carbocycles. The molecule has 1 rings (SSSR count). The van der Waals surface area contributed by atoms with Crippen LogP contribution in [0.15, 0.2) is 18.2 Å². The molecule has 1 unspecified atom stereocenters. The molecule has 5 heteroatoms. The number of phenolic OH excluding ortho intramolecular Hbond substituents is 1. The molecule has 0 fully saturated rings. The van der Waals surface area contributed by atoms with Gasteiger partial charge in [-0.25, -0.2) is 0 Å². The van der Waals surface area contributed by atoms with Crippen molar-refractivity contribution in [1.82, 2.24) is 4.90 Å². The average molecular weight is 280 g/mol. The third-order valence-electron chi connectivity index (χ3n) is 3.43. The number of nitrogens with zero attached hydrogens (tertiary/aromatic N) is 1. The lowest BCUT2D eigenvalue weighted by Gasteiger charge is -2.22. The highest BCUT2D eigenvalue weighted by molar-refractivity contribution is 5.97. The van der Waals surface area contributed by atoms with Crippen LogP contribution < -0.4 is 10.5 Å². The van der Waals surface area contributed by atoms with E-state index in [-0.39, 0.29) is 23.3 Å². The van der Waals surface area contributed by atoms with E-state index in [2.05, 4.69) is 13.8 Å². The lowest BCUT2D eigenvalue weighted by Crippen LogP contribution is -2.34. The zero-order chi connectivity index (χ0) is 15.3.